The maximum atomic E-state index is 11.4. The second kappa shape index (κ2) is 5.87. The predicted octanol–water partition coefficient (Wildman–Crippen LogP) is 1.74. The molecule has 0 fully saturated rings. The first-order valence-corrected chi connectivity index (χ1v) is 5.80. The van der Waals surface area contributed by atoms with Gasteiger partial charge in [0.05, 0.1) is 6.61 Å². The topological polar surface area (TPSA) is 105 Å². The first kappa shape index (κ1) is 13.6. The molecule has 2 N–H and O–H groups in total. The van der Waals surface area contributed by atoms with E-state index in [0.29, 0.717) is 11.3 Å². The Morgan fingerprint density at radius 3 is 2.90 bits per heavy atom. The van der Waals surface area contributed by atoms with E-state index in [-0.39, 0.29) is 18.4 Å². The number of hydrogen-bond donors (Lipinski definition) is 1. The van der Waals surface area contributed by atoms with E-state index in [4.69, 9.17) is 19.6 Å². The molecule has 1 heterocycles. The van der Waals surface area contributed by atoms with Crippen molar-refractivity contribution >= 4 is 11.9 Å². The van der Waals surface area contributed by atoms with Crippen LogP contribution in [0.25, 0.3) is 0 Å². The van der Waals surface area contributed by atoms with Gasteiger partial charge in [0.25, 0.3) is 0 Å². The Morgan fingerprint density at radius 2 is 2.20 bits per heavy atom. The van der Waals surface area contributed by atoms with Gasteiger partial charge in [0.1, 0.15) is 12.0 Å². The van der Waals surface area contributed by atoms with Crippen molar-refractivity contribution in [2.75, 3.05) is 6.61 Å². The molecule has 0 unspecified atom stereocenters. The Morgan fingerprint density at radius 1 is 1.40 bits per heavy atom. The highest BCUT2D eigenvalue weighted by Gasteiger charge is 2.14. The molecule has 0 saturated heterocycles. The average Bonchev–Trinajstić information content (AvgIpc) is 2.88. The van der Waals surface area contributed by atoms with Gasteiger partial charge in [-0.05, 0) is 25.1 Å². The minimum absolute atomic E-state index is 0.00732. The predicted molar refractivity (Wildman–Crippen MR) is 67.5 cm³/mol. The third kappa shape index (κ3) is 3.14. The Bertz CT molecular complexity index is 635. The van der Waals surface area contributed by atoms with Crippen molar-refractivity contribution in [1.29, 1.82) is 0 Å². The Balaban J connectivity index is 2.12. The zero-order valence-corrected chi connectivity index (χ0v) is 10.7. The zero-order valence-electron chi connectivity index (χ0n) is 10.7. The first-order valence-electron chi connectivity index (χ1n) is 5.80. The number of ether oxygens (including phenoxy) is 2. The summed E-state index contributed by atoms with van der Waals surface area (Å²) in [5.41, 5.74) is 5.46. The molecule has 20 heavy (non-hydrogen) atoms. The van der Waals surface area contributed by atoms with Crippen LogP contribution in [0.3, 0.4) is 0 Å². The molecule has 104 valence electrons. The number of amides is 1. The molecule has 1 amide bonds. The summed E-state index contributed by atoms with van der Waals surface area (Å²) >= 11 is 0. The minimum atomic E-state index is -0.600. The number of nitrogens with zero attached hydrogens (tertiary/aromatic N) is 1. The van der Waals surface area contributed by atoms with E-state index < -0.39 is 11.9 Å². The van der Waals surface area contributed by atoms with Gasteiger partial charge in [-0.25, -0.2) is 4.79 Å². The summed E-state index contributed by atoms with van der Waals surface area (Å²) < 4.78 is 15.0. The summed E-state index contributed by atoms with van der Waals surface area (Å²) in [4.78, 5) is 26.2. The highest BCUT2D eigenvalue weighted by atomic mass is 16.6. The number of primary amides is 1. The summed E-state index contributed by atoms with van der Waals surface area (Å²) in [5, 5.41) is 0. The molecule has 7 heteroatoms. The van der Waals surface area contributed by atoms with Crippen LogP contribution in [-0.4, -0.2) is 23.5 Å². The summed E-state index contributed by atoms with van der Waals surface area (Å²) in [5.74, 6) is -0.856. The number of benzene rings is 1. The number of rotatable bonds is 5. The van der Waals surface area contributed by atoms with Gasteiger partial charge in [0, 0.05) is 5.56 Å². The fourth-order valence-electron chi connectivity index (χ4n) is 1.42. The summed E-state index contributed by atoms with van der Waals surface area (Å²) in [6.45, 7) is 1.92. The van der Waals surface area contributed by atoms with E-state index in [1.807, 2.05) is 0 Å². The quantitative estimate of drug-likeness (QED) is 0.834. The van der Waals surface area contributed by atoms with Crippen molar-refractivity contribution in [2.45, 2.75) is 6.92 Å². The van der Waals surface area contributed by atoms with Gasteiger partial charge in [-0.15, -0.1) is 0 Å². The molecule has 1 aromatic heterocycles. The fraction of sp³-hybridized carbons (Fsp3) is 0.154. The smallest absolute Gasteiger partial charge is 0.399 e. The number of esters is 1. The van der Waals surface area contributed by atoms with Gasteiger partial charge in [-0.1, -0.05) is 6.07 Å². The maximum Gasteiger partial charge on any atom is 0.399 e. The van der Waals surface area contributed by atoms with E-state index in [9.17, 15) is 9.59 Å². The molecule has 0 saturated carbocycles. The van der Waals surface area contributed by atoms with E-state index in [2.05, 4.69) is 4.98 Å². The highest BCUT2D eigenvalue weighted by molar-refractivity contribution is 5.93. The van der Waals surface area contributed by atoms with Crippen molar-refractivity contribution < 1.29 is 23.5 Å². The molecule has 1 aromatic carbocycles. The standard InChI is InChI=1S/C13H12N2O5/c1-2-18-12(17)10-7-19-13(15-10)20-9-5-3-4-8(6-9)11(14)16/h3-7H,2H2,1H3,(H2,14,16). The Labute approximate surface area is 114 Å². The summed E-state index contributed by atoms with van der Waals surface area (Å²) in [7, 11) is 0. The summed E-state index contributed by atoms with van der Waals surface area (Å²) in [6, 6.07) is 6.19. The molecular formula is C13H12N2O5. The molecule has 0 atom stereocenters. The van der Waals surface area contributed by atoms with Crippen LogP contribution in [-0.2, 0) is 4.74 Å². The number of carbonyl (C=O) groups is 2. The number of oxazole rings is 1. The number of hydrogen-bond acceptors (Lipinski definition) is 6. The Kier molecular flexibility index (Phi) is 3.99. The maximum absolute atomic E-state index is 11.4. The summed E-state index contributed by atoms with van der Waals surface area (Å²) in [6.07, 6.45) is 1.00. The molecule has 0 aliphatic rings. The van der Waals surface area contributed by atoms with Crippen LogP contribution < -0.4 is 10.5 Å². The van der Waals surface area contributed by atoms with Gasteiger partial charge in [0.15, 0.2) is 5.69 Å². The van der Waals surface area contributed by atoms with Crippen LogP contribution in [0.15, 0.2) is 34.9 Å². The van der Waals surface area contributed by atoms with Crippen molar-refractivity contribution in [1.82, 2.24) is 4.98 Å². The third-order valence-electron chi connectivity index (χ3n) is 2.29. The second-order valence-corrected chi connectivity index (χ2v) is 3.71. The van der Waals surface area contributed by atoms with E-state index in [1.165, 1.54) is 6.07 Å². The van der Waals surface area contributed by atoms with Crippen molar-refractivity contribution in [3.63, 3.8) is 0 Å². The molecule has 0 aliphatic heterocycles. The molecule has 0 spiro atoms. The van der Waals surface area contributed by atoms with Crippen molar-refractivity contribution in [2.24, 2.45) is 5.73 Å². The average molecular weight is 276 g/mol. The van der Waals surface area contributed by atoms with Crippen molar-refractivity contribution in [3.8, 4) is 11.8 Å². The zero-order chi connectivity index (χ0) is 14.5. The lowest BCUT2D eigenvalue weighted by molar-refractivity contribution is 0.0519. The first-order chi connectivity index (χ1) is 9.60. The third-order valence-corrected chi connectivity index (χ3v) is 2.29. The lowest BCUT2D eigenvalue weighted by Crippen LogP contribution is -2.10. The molecule has 0 radical (unpaired) electrons. The van der Waals surface area contributed by atoms with Gasteiger partial charge < -0.3 is 19.6 Å². The monoisotopic (exact) mass is 276 g/mol. The van der Waals surface area contributed by atoms with Crippen LogP contribution >= 0.6 is 0 Å². The number of nitrogens with two attached hydrogens (primary N) is 1. The van der Waals surface area contributed by atoms with E-state index >= 15 is 0 Å². The number of aromatic nitrogens is 1. The van der Waals surface area contributed by atoms with Crippen LogP contribution in [0, 0.1) is 0 Å². The van der Waals surface area contributed by atoms with Crippen LogP contribution in [0.4, 0.5) is 0 Å². The van der Waals surface area contributed by atoms with Gasteiger partial charge in [-0.3, -0.25) is 4.79 Å². The second-order valence-electron chi connectivity index (χ2n) is 3.71. The molecule has 2 aromatic rings. The lowest BCUT2D eigenvalue weighted by atomic mass is 10.2. The fourth-order valence-corrected chi connectivity index (χ4v) is 1.42. The van der Waals surface area contributed by atoms with Gasteiger partial charge in [0.2, 0.25) is 5.91 Å². The largest absolute Gasteiger partial charge is 0.461 e. The SMILES string of the molecule is CCOC(=O)c1coc(Oc2cccc(C(N)=O)c2)n1. The Hall–Kier alpha value is -2.83. The number of carbonyl (C=O) groups excluding carboxylic acids is 2. The van der Waals surface area contributed by atoms with Gasteiger partial charge in [-0.2, -0.15) is 4.98 Å². The highest BCUT2D eigenvalue weighted by Crippen LogP contribution is 2.21. The molecule has 2 rings (SSSR count). The molecular weight excluding hydrogens is 264 g/mol. The lowest BCUT2D eigenvalue weighted by Gasteiger charge is -2.01. The molecule has 0 aliphatic carbocycles. The van der Waals surface area contributed by atoms with Gasteiger partial charge >= 0.3 is 12.0 Å². The van der Waals surface area contributed by atoms with Crippen LogP contribution in [0.5, 0.6) is 11.8 Å². The molecule has 7 nitrogen and oxygen atoms in total. The minimum Gasteiger partial charge on any atom is -0.461 e. The normalized spacial score (nSPS) is 10.1. The van der Waals surface area contributed by atoms with E-state index in [1.54, 1.807) is 25.1 Å². The van der Waals surface area contributed by atoms with Crippen LogP contribution in [0.2, 0.25) is 0 Å². The van der Waals surface area contributed by atoms with E-state index in [0.717, 1.165) is 6.26 Å². The van der Waals surface area contributed by atoms with Crippen molar-refractivity contribution in [3.05, 3.63) is 41.8 Å². The van der Waals surface area contributed by atoms with Crippen LogP contribution in [0.1, 0.15) is 27.8 Å². The molecule has 0 bridgehead atoms.